The van der Waals surface area contributed by atoms with Crippen LogP contribution in [0.3, 0.4) is 0 Å². The van der Waals surface area contributed by atoms with Crippen LogP contribution in [0.25, 0.3) is 0 Å². The van der Waals surface area contributed by atoms with Gasteiger partial charge in [0, 0.05) is 23.6 Å². The van der Waals surface area contributed by atoms with Crippen LogP contribution in [0.1, 0.15) is 52.4 Å². The molecule has 0 saturated heterocycles. The SMILES string of the molecule is C[C@]12CC[C@H]3[C@@H](CCC4NC(=O)C=C[C@@]43C)[C@@H]1CC[C@@H]2C(=O)Sc1ccccn1. The molecule has 1 aromatic rings. The molecular weight excluding hydrogens is 380 g/mol. The Kier molecular flexibility index (Phi) is 4.65. The van der Waals surface area contributed by atoms with Gasteiger partial charge in [0.05, 0.1) is 0 Å². The number of pyridine rings is 1. The molecule has 1 aliphatic heterocycles. The zero-order chi connectivity index (χ0) is 20.2. The first-order chi connectivity index (χ1) is 13.9. The van der Waals surface area contributed by atoms with E-state index >= 15 is 0 Å². The third-order valence-electron chi connectivity index (χ3n) is 8.81. The van der Waals surface area contributed by atoms with E-state index in [1.165, 1.54) is 18.2 Å². The molecule has 0 aromatic carbocycles. The van der Waals surface area contributed by atoms with Gasteiger partial charge in [0.25, 0.3) is 0 Å². The number of nitrogens with one attached hydrogen (secondary N) is 1. The van der Waals surface area contributed by atoms with Crippen LogP contribution in [-0.4, -0.2) is 22.0 Å². The van der Waals surface area contributed by atoms with Crippen molar-refractivity contribution in [3.8, 4) is 0 Å². The zero-order valence-electron chi connectivity index (χ0n) is 17.3. The van der Waals surface area contributed by atoms with Crippen molar-refractivity contribution in [2.45, 2.75) is 63.4 Å². The first-order valence-corrected chi connectivity index (χ1v) is 11.9. The maximum Gasteiger partial charge on any atom is 0.243 e. The number of rotatable bonds is 2. The predicted molar refractivity (Wildman–Crippen MR) is 114 cm³/mol. The van der Waals surface area contributed by atoms with E-state index in [4.69, 9.17) is 0 Å². The molecule has 1 amide bonds. The summed E-state index contributed by atoms with van der Waals surface area (Å²) in [6, 6.07) is 6.04. The minimum Gasteiger partial charge on any atom is -0.349 e. The molecule has 3 saturated carbocycles. The average molecular weight is 411 g/mol. The number of aromatic nitrogens is 1. The van der Waals surface area contributed by atoms with Gasteiger partial charge in [-0.25, -0.2) is 4.98 Å². The second-order valence-corrected chi connectivity index (χ2v) is 11.0. The topological polar surface area (TPSA) is 59.1 Å². The minimum atomic E-state index is 0.0585. The van der Waals surface area contributed by atoms with Crippen LogP contribution < -0.4 is 5.32 Å². The third kappa shape index (κ3) is 2.99. The van der Waals surface area contributed by atoms with Crippen LogP contribution in [0.15, 0.2) is 41.6 Å². The summed E-state index contributed by atoms with van der Waals surface area (Å²) < 4.78 is 0. The lowest BCUT2D eigenvalue weighted by atomic mass is 9.48. The number of carbonyl (C=O) groups is 2. The van der Waals surface area contributed by atoms with Crippen LogP contribution in [0, 0.1) is 34.5 Å². The quantitative estimate of drug-likeness (QED) is 0.723. The van der Waals surface area contributed by atoms with Crippen molar-refractivity contribution in [2.24, 2.45) is 34.5 Å². The molecule has 29 heavy (non-hydrogen) atoms. The van der Waals surface area contributed by atoms with Crippen molar-refractivity contribution in [3.63, 3.8) is 0 Å². The Morgan fingerprint density at radius 3 is 2.79 bits per heavy atom. The predicted octanol–water partition coefficient (Wildman–Crippen LogP) is 4.61. The highest BCUT2D eigenvalue weighted by Gasteiger charge is 2.60. The highest BCUT2D eigenvalue weighted by atomic mass is 32.2. The molecule has 2 heterocycles. The van der Waals surface area contributed by atoms with Gasteiger partial charge < -0.3 is 5.32 Å². The summed E-state index contributed by atoms with van der Waals surface area (Å²) >= 11 is 1.33. The smallest absolute Gasteiger partial charge is 0.243 e. The fourth-order valence-corrected chi connectivity index (χ4v) is 8.30. The van der Waals surface area contributed by atoms with E-state index < -0.39 is 0 Å². The van der Waals surface area contributed by atoms with Gasteiger partial charge in [0.1, 0.15) is 5.03 Å². The van der Waals surface area contributed by atoms with E-state index in [0.717, 1.165) is 37.1 Å². The van der Waals surface area contributed by atoms with E-state index in [1.807, 2.05) is 18.2 Å². The summed E-state index contributed by atoms with van der Waals surface area (Å²) in [7, 11) is 0. The summed E-state index contributed by atoms with van der Waals surface area (Å²) in [6.45, 7) is 4.73. The molecule has 4 nitrogen and oxygen atoms in total. The number of amides is 1. The molecule has 5 rings (SSSR count). The number of fused-ring (bicyclic) bond motifs is 5. The molecule has 1 N–H and O–H groups in total. The van der Waals surface area contributed by atoms with Gasteiger partial charge in [-0.2, -0.15) is 0 Å². The molecule has 0 bridgehead atoms. The number of hydrogen-bond donors (Lipinski definition) is 1. The molecule has 5 heteroatoms. The first kappa shape index (κ1) is 19.3. The molecular formula is C24H30N2O2S. The van der Waals surface area contributed by atoms with Crippen molar-refractivity contribution in [1.29, 1.82) is 0 Å². The van der Waals surface area contributed by atoms with Crippen LogP contribution in [0.4, 0.5) is 0 Å². The lowest BCUT2D eigenvalue weighted by Gasteiger charge is -2.58. The van der Waals surface area contributed by atoms with Gasteiger partial charge in [0.2, 0.25) is 5.91 Å². The summed E-state index contributed by atoms with van der Waals surface area (Å²) in [5, 5.41) is 4.34. The Labute approximate surface area is 177 Å². The third-order valence-corrected chi connectivity index (χ3v) is 9.75. The molecule has 1 aromatic heterocycles. The number of carbonyl (C=O) groups excluding carboxylic acids is 2. The molecule has 0 radical (unpaired) electrons. The summed E-state index contributed by atoms with van der Waals surface area (Å²) in [5.74, 6) is 2.07. The van der Waals surface area contributed by atoms with Gasteiger partial charge in [-0.1, -0.05) is 26.0 Å². The molecule has 3 aliphatic carbocycles. The number of nitrogens with zero attached hydrogens (tertiary/aromatic N) is 1. The lowest BCUT2D eigenvalue weighted by Crippen LogP contribution is -2.59. The largest absolute Gasteiger partial charge is 0.349 e. The number of hydrogen-bond acceptors (Lipinski definition) is 4. The Morgan fingerprint density at radius 1 is 1.14 bits per heavy atom. The van der Waals surface area contributed by atoms with Crippen molar-refractivity contribution in [2.75, 3.05) is 0 Å². The Hall–Kier alpha value is -1.62. The fourth-order valence-electron chi connectivity index (χ4n) is 7.30. The fraction of sp³-hybridized carbons (Fsp3) is 0.625. The lowest BCUT2D eigenvalue weighted by molar-refractivity contribution is -0.126. The summed E-state index contributed by atoms with van der Waals surface area (Å²) in [4.78, 5) is 29.4. The summed E-state index contributed by atoms with van der Waals surface area (Å²) in [6.07, 6.45) is 12.4. The molecule has 4 aliphatic rings. The second-order valence-electron chi connectivity index (χ2n) is 9.98. The van der Waals surface area contributed by atoms with E-state index in [0.29, 0.717) is 22.9 Å². The molecule has 154 valence electrons. The van der Waals surface area contributed by atoms with E-state index in [9.17, 15) is 9.59 Å². The van der Waals surface area contributed by atoms with Crippen molar-refractivity contribution in [1.82, 2.24) is 10.3 Å². The molecule has 7 atom stereocenters. The molecule has 3 fully saturated rings. The second kappa shape index (κ2) is 6.97. The zero-order valence-corrected chi connectivity index (χ0v) is 18.1. The summed E-state index contributed by atoms with van der Waals surface area (Å²) in [5.41, 5.74) is 0.161. The maximum atomic E-state index is 13.2. The van der Waals surface area contributed by atoms with Crippen molar-refractivity contribution >= 4 is 22.8 Å². The van der Waals surface area contributed by atoms with Crippen LogP contribution >= 0.6 is 11.8 Å². The van der Waals surface area contributed by atoms with Gasteiger partial charge in [-0.15, -0.1) is 0 Å². The minimum absolute atomic E-state index is 0.0585. The standard InChI is InChI=1S/C24H30N2O2S/c1-23-12-10-17-15(6-9-19-24(17,2)13-11-20(27)26-19)16(23)7-8-18(23)22(28)29-21-5-3-4-14-25-21/h3-5,11,13-19H,6-10,12H2,1-2H3,(H,26,27)/t15-,16-,17-,18+,19?,23-,24+/m0/s1. The van der Waals surface area contributed by atoms with Gasteiger partial charge in [-0.3, -0.25) is 9.59 Å². The van der Waals surface area contributed by atoms with E-state index in [-0.39, 0.29) is 28.7 Å². The van der Waals surface area contributed by atoms with E-state index in [2.05, 4.69) is 30.2 Å². The normalized spacial score (nSPS) is 43.1. The van der Waals surface area contributed by atoms with Crippen LogP contribution in [0.5, 0.6) is 0 Å². The Morgan fingerprint density at radius 2 is 2.00 bits per heavy atom. The van der Waals surface area contributed by atoms with Gasteiger partial charge in [-0.05, 0) is 91.7 Å². The van der Waals surface area contributed by atoms with Gasteiger partial charge in [0.15, 0.2) is 5.12 Å². The Bertz CT molecular complexity index is 856. The van der Waals surface area contributed by atoms with Crippen LogP contribution in [-0.2, 0) is 9.59 Å². The van der Waals surface area contributed by atoms with Gasteiger partial charge >= 0.3 is 0 Å². The number of thioether (sulfide) groups is 1. The monoisotopic (exact) mass is 410 g/mol. The van der Waals surface area contributed by atoms with Crippen molar-refractivity contribution < 1.29 is 9.59 Å². The van der Waals surface area contributed by atoms with Crippen molar-refractivity contribution in [3.05, 3.63) is 36.5 Å². The average Bonchev–Trinajstić information content (AvgIpc) is 3.06. The maximum absolute atomic E-state index is 13.2. The molecule has 1 unspecified atom stereocenters. The Balaban J connectivity index is 1.38. The highest BCUT2D eigenvalue weighted by Crippen LogP contribution is 2.65. The first-order valence-electron chi connectivity index (χ1n) is 11.0. The van der Waals surface area contributed by atoms with E-state index in [1.54, 1.807) is 12.3 Å². The molecule has 0 spiro atoms. The highest BCUT2D eigenvalue weighted by molar-refractivity contribution is 8.13. The van der Waals surface area contributed by atoms with Crippen LogP contribution in [0.2, 0.25) is 0 Å².